The first-order valence-corrected chi connectivity index (χ1v) is 7.60. The number of carbonyl (C=O) groups is 1. The van der Waals surface area contributed by atoms with Gasteiger partial charge >= 0.3 is 6.09 Å². The zero-order chi connectivity index (χ0) is 17.5. The minimum absolute atomic E-state index is 0.232. The Labute approximate surface area is 139 Å². The highest BCUT2D eigenvalue weighted by Gasteiger charge is 2.17. The van der Waals surface area contributed by atoms with Crippen molar-refractivity contribution < 1.29 is 24.1 Å². The van der Waals surface area contributed by atoms with Gasteiger partial charge in [-0.2, -0.15) is 0 Å². The molecule has 0 aliphatic rings. The van der Waals surface area contributed by atoms with Gasteiger partial charge in [-0.25, -0.2) is 9.18 Å². The quantitative estimate of drug-likeness (QED) is 0.677. The molecule has 0 aliphatic heterocycles. The Hall–Kier alpha value is -2.60. The van der Waals surface area contributed by atoms with Crippen LogP contribution in [0.3, 0.4) is 0 Å². The Morgan fingerprint density at radius 1 is 1.29 bits per heavy atom. The lowest BCUT2D eigenvalue weighted by molar-refractivity contribution is 0.162. The SMILES string of the molecule is COc1cccc(-c2c(F)cccc2C(O)CCCNC(=O)O)c1. The molecule has 0 spiro atoms. The summed E-state index contributed by atoms with van der Waals surface area (Å²) in [5, 5.41) is 21.2. The molecule has 1 amide bonds. The Balaban J connectivity index is 2.24. The third kappa shape index (κ3) is 4.45. The van der Waals surface area contributed by atoms with Crippen molar-refractivity contribution in [3.05, 3.63) is 53.8 Å². The minimum Gasteiger partial charge on any atom is -0.497 e. The van der Waals surface area contributed by atoms with Crippen LogP contribution >= 0.6 is 0 Å². The summed E-state index contributed by atoms with van der Waals surface area (Å²) in [5.41, 5.74) is 1.42. The number of ether oxygens (including phenoxy) is 1. The lowest BCUT2D eigenvalue weighted by Gasteiger charge is -2.17. The standard InChI is InChI=1S/C18H20FNO4/c1-24-13-6-2-5-12(11-13)17-14(7-3-8-15(17)19)16(21)9-4-10-20-18(22)23/h2-3,5-8,11,16,20-21H,4,9-10H2,1H3,(H,22,23). The predicted octanol–water partition coefficient (Wildman–Crippen LogP) is 3.58. The molecule has 24 heavy (non-hydrogen) atoms. The van der Waals surface area contributed by atoms with Gasteiger partial charge in [0.2, 0.25) is 0 Å². The Morgan fingerprint density at radius 3 is 2.75 bits per heavy atom. The van der Waals surface area contributed by atoms with E-state index in [1.54, 1.807) is 36.4 Å². The third-order valence-corrected chi connectivity index (χ3v) is 3.69. The van der Waals surface area contributed by atoms with Gasteiger partial charge in [0.15, 0.2) is 0 Å². The van der Waals surface area contributed by atoms with Gasteiger partial charge in [0, 0.05) is 12.1 Å². The number of nitrogens with one attached hydrogen (secondary N) is 1. The van der Waals surface area contributed by atoms with Gasteiger partial charge in [0.25, 0.3) is 0 Å². The number of rotatable bonds is 7. The molecule has 6 heteroatoms. The van der Waals surface area contributed by atoms with E-state index in [4.69, 9.17) is 9.84 Å². The fourth-order valence-corrected chi connectivity index (χ4v) is 2.55. The average molecular weight is 333 g/mol. The highest BCUT2D eigenvalue weighted by molar-refractivity contribution is 5.70. The van der Waals surface area contributed by atoms with E-state index < -0.39 is 18.0 Å². The molecule has 1 atom stereocenters. The van der Waals surface area contributed by atoms with Crippen LogP contribution in [-0.2, 0) is 0 Å². The van der Waals surface area contributed by atoms with Crippen LogP contribution in [0, 0.1) is 5.82 Å². The van der Waals surface area contributed by atoms with E-state index in [9.17, 15) is 14.3 Å². The van der Waals surface area contributed by atoms with E-state index >= 15 is 0 Å². The summed E-state index contributed by atoms with van der Waals surface area (Å²) in [4.78, 5) is 10.4. The van der Waals surface area contributed by atoms with Crippen molar-refractivity contribution >= 4 is 6.09 Å². The molecular formula is C18H20FNO4. The molecule has 0 radical (unpaired) electrons. The fourth-order valence-electron chi connectivity index (χ4n) is 2.55. The van der Waals surface area contributed by atoms with E-state index in [1.807, 2.05) is 0 Å². The first-order valence-electron chi connectivity index (χ1n) is 7.60. The van der Waals surface area contributed by atoms with Crippen LogP contribution in [0.1, 0.15) is 24.5 Å². The highest BCUT2D eigenvalue weighted by atomic mass is 19.1. The van der Waals surface area contributed by atoms with E-state index in [1.165, 1.54) is 13.2 Å². The molecular weight excluding hydrogens is 313 g/mol. The maximum Gasteiger partial charge on any atom is 0.404 e. The summed E-state index contributed by atoms with van der Waals surface area (Å²) < 4.78 is 19.6. The molecule has 0 saturated carbocycles. The van der Waals surface area contributed by atoms with Crippen molar-refractivity contribution in [3.63, 3.8) is 0 Å². The van der Waals surface area contributed by atoms with Gasteiger partial charge < -0.3 is 20.3 Å². The van der Waals surface area contributed by atoms with E-state index in [2.05, 4.69) is 5.32 Å². The van der Waals surface area contributed by atoms with Crippen LogP contribution in [0.5, 0.6) is 5.75 Å². The second-order valence-corrected chi connectivity index (χ2v) is 5.33. The van der Waals surface area contributed by atoms with E-state index in [0.717, 1.165) is 0 Å². The van der Waals surface area contributed by atoms with Crippen LogP contribution in [0.2, 0.25) is 0 Å². The largest absolute Gasteiger partial charge is 0.497 e. The van der Waals surface area contributed by atoms with Crippen LogP contribution in [0.15, 0.2) is 42.5 Å². The Kier molecular flexibility index (Phi) is 6.14. The van der Waals surface area contributed by atoms with Crippen LogP contribution in [0.25, 0.3) is 11.1 Å². The zero-order valence-corrected chi connectivity index (χ0v) is 13.3. The molecule has 1 unspecified atom stereocenters. The Bertz CT molecular complexity index is 705. The summed E-state index contributed by atoms with van der Waals surface area (Å²) >= 11 is 0. The number of halogens is 1. The monoisotopic (exact) mass is 333 g/mol. The molecule has 0 bridgehead atoms. The molecule has 2 aromatic rings. The molecule has 0 aliphatic carbocycles. The molecule has 0 fully saturated rings. The van der Waals surface area contributed by atoms with Crippen molar-refractivity contribution in [2.24, 2.45) is 0 Å². The lowest BCUT2D eigenvalue weighted by Crippen LogP contribution is -2.22. The normalized spacial score (nSPS) is 11.8. The maximum atomic E-state index is 14.4. The number of aliphatic hydroxyl groups excluding tert-OH is 1. The van der Waals surface area contributed by atoms with Crippen molar-refractivity contribution in [1.29, 1.82) is 0 Å². The highest BCUT2D eigenvalue weighted by Crippen LogP contribution is 2.34. The molecule has 2 aromatic carbocycles. The van der Waals surface area contributed by atoms with Gasteiger partial charge in [-0.15, -0.1) is 0 Å². The number of hydrogen-bond acceptors (Lipinski definition) is 3. The number of carboxylic acid groups (broad SMARTS) is 1. The molecule has 0 heterocycles. The molecule has 5 nitrogen and oxygen atoms in total. The predicted molar refractivity (Wildman–Crippen MR) is 88.6 cm³/mol. The number of hydrogen-bond donors (Lipinski definition) is 3. The average Bonchev–Trinajstić information content (AvgIpc) is 2.58. The van der Waals surface area contributed by atoms with Crippen molar-refractivity contribution in [1.82, 2.24) is 5.32 Å². The molecule has 128 valence electrons. The van der Waals surface area contributed by atoms with Gasteiger partial charge in [0.1, 0.15) is 11.6 Å². The fraction of sp³-hybridized carbons (Fsp3) is 0.278. The van der Waals surface area contributed by atoms with Gasteiger partial charge in [0.05, 0.1) is 13.2 Å². The van der Waals surface area contributed by atoms with Crippen LogP contribution in [-0.4, -0.2) is 30.0 Å². The molecule has 3 N–H and O–H groups in total. The summed E-state index contributed by atoms with van der Waals surface area (Å²) in [6.45, 7) is 0.232. The first kappa shape index (κ1) is 17.7. The summed E-state index contributed by atoms with van der Waals surface area (Å²) in [5.74, 6) is 0.172. The van der Waals surface area contributed by atoms with Gasteiger partial charge in [-0.3, -0.25) is 0 Å². The van der Waals surface area contributed by atoms with Crippen LogP contribution < -0.4 is 10.1 Å². The summed E-state index contributed by atoms with van der Waals surface area (Å²) in [6.07, 6.45) is -1.23. The van der Waals surface area contributed by atoms with Crippen molar-refractivity contribution in [2.45, 2.75) is 18.9 Å². The lowest BCUT2D eigenvalue weighted by atomic mass is 9.93. The Morgan fingerprint density at radius 2 is 2.04 bits per heavy atom. The summed E-state index contributed by atoms with van der Waals surface area (Å²) in [7, 11) is 1.53. The first-order chi connectivity index (χ1) is 11.5. The van der Waals surface area contributed by atoms with Crippen LogP contribution in [0.4, 0.5) is 9.18 Å². The second kappa shape index (κ2) is 8.31. The summed E-state index contributed by atoms with van der Waals surface area (Å²) in [6, 6.07) is 11.5. The molecule has 0 saturated heterocycles. The smallest absolute Gasteiger partial charge is 0.404 e. The van der Waals surface area contributed by atoms with E-state index in [-0.39, 0.29) is 6.54 Å². The van der Waals surface area contributed by atoms with E-state index in [0.29, 0.717) is 35.3 Å². The number of aliphatic hydroxyl groups is 1. The number of amides is 1. The number of benzene rings is 2. The van der Waals surface area contributed by atoms with Gasteiger partial charge in [-0.05, 0) is 42.2 Å². The maximum absolute atomic E-state index is 14.4. The second-order valence-electron chi connectivity index (χ2n) is 5.33. The minimum atomic E-state index is -1.10. The van der Waals surface area contributed by atoms with Crippen molar-refractivity contribution in [3.8, 4) is 16.9 Å². The van der Waals surface area contributed by atoms with Crippen molar-refractivity contribution in [2.75, 3.05) is 13.7 Å². The number of methoxy groups -OCH3 is 1. The molecule has 2 rings (SSSR count). The third-order valence-electron chi connectivity index (χ3n) is 3.69. The topological polar surface area (TPSA) is 78.8 Å². The molecule has 0 aromatic heterocycles. The van der Waals surface area contributed by atoms with Gasteiger partial charge in [-0.1, -0.05) is 24.3 Å². The zero-order valence-electron chi connectivity index (χ0n) is 13.3.